The Morgan fingerprint density at radius 1 is 0.962 bits per heavy atom. The summed E-state index contributed by atoms with van der Waals surface area (Å²) in [6, 6.07) is 14.5. The quantitative estimate of drug-likeness (QED) is 0.550. The van der Waals surface area contributed by atoms with Crippen LogP contribution in [0.4, 0.5) is 0 Å². The number of halogens is 2. The highest BCUT2D eigenvalue weighted by atomic mass is 35.5. The van der Waals surface area contributed by atoms with Crippen molar-refractivity contribution in [2.75, 3.05) is 0 Å². The first-order valence-corrected chi connectivity index (χ1v) is 8.47. The molecule has 5 nitrogen and oxygen atoms in total. The number of aromatic nitrogens is 2. The number of nitrogens with one attached hydrogen (secondary N) is 1. The third-order valence-corrected chi connectivity index (χ3v) is 4.71. The van der Waals surface area contributed by atoms with E-state index in [1.54, 1.807) is 36.4 Å². The molecule has 26 heavy (non-hydrogen) atoms. The summed E-state index contributed by atoms with van der Waals surface area (Å²) < 4.78 is -0.499. The molecule has 7 heteroatoms. The van der Waals surface area contributed by atoms with Crippen LogP contribution in [-0.4, -0.2) is 15.3 Å². The number of aromatic amines is 1. The third kappa shape index (κ3) is 3.49. The van der Waals surface area contributed by atoms with Gasteiger partial charge in [-0.15, -0.1) is 0 Å². The van der Waals surface area contributed by atoms with Crippen LogP contribution in [0.15, 0.2) is 70.4 Å². The summed E-state index contributed by atoms with van der Waals surface area (Å²) in [5, 5.41) is 0. The van der Waals surface area contributed by atoms with Crippen LogP contribution >= 0.6 is 23.2 Å². The Bertz CT molecular complexity index is 1070. The van der Waals surface area contributed by atoms with E-state index in [0.717, 1.165) is 5.56 Å². The maximum Gasteiger partial charge on any atom is 0.332 e. The molecule has 3 rings (SSSR count). The highest BCUT2D eigenvalue weighted by Crippen LogP contribution is 2.37. The molecule has 0 aliphatic heterocycles. The highest BCUT2D eigenvalue weighted by molar-refractivity contribution is 6.59. The van der Waals surface area contributed by atoms with Gasteiger partial charge in [0.25, 0.3) is 5.56 Å². The molecule has 1 N–H and O–H groups in total. The second kappa shape index (κ2) is 6.94. The zero-order chi connectivity index (χ0) is 18.9. The standard InChI is InChI=1S/C19H14Cl2N2O3/c1-12-2-4-13(5-3-12)17(25)19(20,21)14-6-8-15(9-7-14)23-11-10-16(24)22-18(23)26/h2-11H,1H3,(H,22,24,26). The number of alkyl halides is 2. The smallest absolute Gasteiger partial charge is 0.290 e. The second-order valence-electron chi connectivity index (χ2n) is 5.80. The van der Waals surface area contributed by atoms with Crippen molar-refractivity contribution in [2.24, 2.45) is 0 Å². The number of carbonyl (C=O) groups excluding carboxylic acids is 1. The molecule has 0 amide bonds. The van der Waals surface area contributed by atoms with E-state index in [2.05, 4.69) is 4.98 Å². The predicted molar refractivity (Wildman–Crippen MR) is 102 cm³/mol. The van der Waals surface area contributed by atoms with Crippen molar-refractivity contribution in [3.05, 3.63) is 98.3 Å². The van der Waals surface area contributed by atoms with Crippen LogP contribution in [0.2, 0.25) is 0 Å². The Labute approximate surface area is 158 Å². The monoisotopic (exact) mass is 388 g/mol. The van der Waals surface area contributed by atoms with Crippen molar-refractivity contribution < 1.29 is 4.79 Å². The number of hydrogen-bond donors (Lipinski definition) is 1. The van der Waals surface area contributed by atoms with Gasteiger partial charge in [0.15, 0.2) is 0 Å². The van der Waals surface area contributed by atoms with E-state index >= 15 is 0 Å². The first-order valence-electron chi connectivity index (χ1n) is 7.71. The Morgan fingerprint density at radius 2 is 1.58 bits per heavy atom. The summed E-state index contributed by atoms with van der Waals surface area (Å²) in [6.45, 7) is 1.92. The van der Waals surface area contributed by atoms with E-state index in [-0.39, 0.29) is 0 Å². The largest absolute Gasteiger partial charge is 0.332 e. The van der Waals surface area contributed by atoms with Crippen LogP contribution in [-0.2, 0) is 4.33 Å². The SMILES string of the molecule is Cc1ccc(C(=O)C(Cl)(Cl)c2ccc(-n3ccc(=O)[nH]c3=O)cc2)cc1. The van der Waals surface area contributed by atoms with E-state index in [9.17, 15) is 14.4 Å². The Kier molecular flexibility index (Phi) is 4.85. The first-order chi connectivity index (χ1) is 12.3. The normalized spacial score (nSPS) is 11.3. The van der Waals surface area contributed by atoms with Crippen LogP contribution in [0.5, 0.6) is 0 Å². The van der Waals surface area contributed by atoms with Crippen molar-refractivity contribution in [3.63, 3.8) is 0 Å². The van der Waals surface area contributed by atoms with Gasteiger partial charge < -0.3 is 0 Å². The molecule has 132 valence electrons. The number of benzene rings is 2. The van der Waals surface area contributed by atoms with Gasteiger partial charge in [0, 0.05) is 17.8 Å². The third-order valence-electron chi connectivity index (χ3n) is 3.93. The Balaban J connectivity index is 1.93. The predicted octanol–water partition coefficient (Wildman–Crippen LogP) is 3.35. The number of aryl methyl sites for hydroxylation is 1. The fraction of sp³-hybridized carbons (Fsp3) is 0.105. The maximum absolute atomic E-state index is 12.7. The van der Waals surface area contributed by atoms with Gasteiger partial charge in [-0.1, -0.05) is 65.2 Å². The number of Topliss-reactive ketones (excluding diaryl/α,β-unsaturated/α-hetero) is 1. The number of ketones is 1. The lowest BCUT2D eigenvalue weighted by molar-refractivity contribution is 0.0972. The van der Waals surface area contributed by atoms with Crippen molar-refractivity contribution in [1.82, 2.24) is 9.55 Å². The van der Waals surface area contributed by atoms with Gasteiger partial charge in [-0.05, 0) is 24.6 Å². The first kappa shape index (κ1) is 18.2. The molecular weight excluding hydrogens is 375 g/mol. The molecule has 0 atom stereocenters. The lowest BCUT2D eigenvalue weighted by Gasteiger charge is -2.19. The number of H-pyrrole nitrogens is 1. The molecule has 0 fully saturated rings. The molecule has 0 saturated heterocycles. The maximum atomic E-state index is 12.7. The fourth-order valence-electron chi connectivity index (χ4n) is 2.47. The van der Waals surface area contributed by atoms with Crippen molar-refractivity contribution in [3.8, 4) is 5.69 Å². The van der Waals surface area contributed by atoms with E-state index in [1.807, 2.05) is 19.1 Å². The number of hydrogen-bond acceptors (Lipinski definition) is 3. The molecule has 0 aliphatic rings. The Morgan fingerprint density at radius 3 is 2.15 bits per heavy atom. The van der Waals surface area contributed by atoms with E-state index < -0.39 is 21.4 Å². The lowest BCUT2D eigenvalue weighted by Crippen LogP contribution is -2.27. The average molecular weight is 389 g/mol. The van der Waals surface area contributed by atoms with E-state index in [0.29, 0.717) is 16.8 Å². The second-order valence-corrected chi connectivity index (χ2v) is 7.12. The summed E-state index contributed by atoms with van der Waals surface area (Å²) >= 11 is 12.7. The van der Waals surface area contributed by atoms with Gasteiger partial charge >= 0.3 is 5.69 Å². The minimum absolute atomic E-state index is 0.382. The van der Waals surface area contributed by atoms with Gasteiger partial charge in [0.1, 0.15) is 0 Å². The van der Waals surface area contributed by atoms with E-state index in [1.165, 1.54) is 16.8 Å². The topological polar surface area (TPSA) is 71.9 Å². The Hall–Kier alpha value is -2.63. The van der Waals surface area contributed by atoms with Gasteiger partial charge in [-0.2, -0.15) is 0 Å². The zero-order valence-corrected chi connectivity index (χ0v) is 15.2. The molecule has 0 saturated carbocycles. The van der Waals surface area contributed by atoms with Crippen molar-refractivity contribution in [2.45, 2.75) is 11.3 Å². The zero-order valence-electron chi connectivity index (χ0n) is 13.7. The summed E-state index contributed by atoms with van der Waals surface area (Å²) in [5.74, 6) is -0.435. The average Bonchev–Trinajstić information content (AvgIpc) is 2.62. The number of carbonyl (C=O) groups is 1. The number of rotatable bonds is 4. The van der Waals surface area contributed by atoms with Crippen LogP contribution in [0.3, 0.4) is 0 Å². The minimum Gasteiger partial charge on any atom is -0.290 e. The van der Waals surface area contributed by atoms with Crippen LogP contribution in [0, 0.1) is 6.92 Å². The molecule has 0 spiro atoms. The molecular formula is C19H14Cl2N2O3. The molecule has 0 radical (unpaired) electrons. The molecule has 0 aliphatic carbocycles. The molecule has 1 heterocycles. The van der Waals surface area contributed by atoms with Crippen LogP contribution in [0.1, 0.15) is 21.5 Å². The summed E-state index contributed by atoms with van der Waals surface area (Å²) in [4.78, 5) is 37.8. The highest BCUT2D eigenvalue weighted by Gasteiger charge is 2.36. The van der Waals surface area contributed by atoms with Gasteiger partial charge in [0.05, 0.1) is 5.69 Å². The molecule has 0 unspecified atom stereocenters. The molecule has 3 aromatic rings. The molecule has 2 aromatic carbocycles. The van der Waals surface area contributed by atoms with Crippen molar-refractivity contribution in [1.29, 1.82) is 0 Å². The van der Waals surface area contributed by atoms with Gasteiger partial charge in [-0.3, -0.25) is 19.1 Å². The fourth-order valence-corrected chi connectivity index (χ4v) is 2.94. The van der Waals surface area contributed by atoms with Gasteiger partial charge in [0.2, 0.25) is 10.1 Å². The lowest BCUT2D eigenvalue weighted by atomic mass is 10.0. The summed E-state index contributed by atoms with van der Waals surface area (Å²) in [7, 11) is 0. The molecule has 0 bridgehead atoms. The van der Waals surface area contributed by atoms with Crippen LogP contribution in [0.25, 0.3) is 5.69 Å². The number of nitrogens with zero attached hydrogens (tertiary/aromatic N) is 1. The summed E-state index contributed by atoms with van der Waals surface area (Å²) in [5.41, 5.74) is 1.26. The van der Waals surface area contributed by atoms with Crippen LogP contribution < -0.4 is 11.2 Å². The van der Waals surface area contributed by atoms with Gasteiger partial charge in [-0.25, -0.2) is 4.79 Å². The van der Waals surface area contributed by atoms with E-state index in [4.69, 9.17) is 23.2 Å². The summed E-state index contributed by atoms with van der Waals surface area (Å²) in [6.07, 6.45) is 1.36. The van der Waals surface area contributed by atoms with Crippen molar-refractivity contribution >= 4 is 29.0 Å². The minimum atomic E-state index is -1.76. The molecule has 1 aromatic heterocycles.